The van der Waals surface area contributed by atoms with Crippen LogP contribution in [0.5, 0.6) is 11.5 Å². The maximum Gasteiger partial charge on any atom is 0.268 e. The Morgan fingerprint density at radius 2 is 1.96 bits per heavy atom. The standard InChI is InChI=1S/C18H16N4O3/c1-3-7-25-14-6-5-11(8-15(14)24-4-2)16-12(9-19)17(21)22-18(23)13(16)10-20/h3,5-6,8H,1,4,7H2,2H3,(H3,21,22,23). The van der Waals surface area contributed by atoms with Crippen LogP contribution in [0.15, 0.2) is 35.6 Å². The largest absolute Gasteiger partial charge is 0.490 e. The number of anilines is 1. The summed E-state index contributed by atoms with van der Waals surface area (Å²) in [6.45, 7) is 6.09. The molecule has 2 rings (SSSR count). The van der Waals surface area contributed by atoms with Crippen LogP contribution < -0.4 is 20.8 Å². The van der Waals surface area contributed by atoms with Gasteiger partial charge in [0.1, 0.15) is 35.7 Å². The first-order valence-electron chi connectivity index (χ1n) is 7.44. The highest BCUT2D eigenvalue weighted by Crippen LogP contribution is 2.35. The van der Waals surface area contributed by atoms with Crippen molar-refractivity contribution in [3.63, 3.8) is 0 Å². The van der Waals surface area contributed by atoms with Crippen molar-refractivity contribution in [2.75, 3.05) is 18.9 Å². The Morgan fingerprint density at radius 1 is 1.24 bits per heavy atom. The summed E-state index contributed by atoms with van der Waals surface area (Å²) in [7, 11) is 0. The molecule has 2 aromatic rings. The minimum atomic E-state index is -0.654. The molecule has 25 heavy (non-hydrogen) atoms. The molecule has 0 radical (unpaired) electrons. The molecule has 0 bridgehead atoms. The molecule has 1 aromatic carbocycles. The van der Waals surface area contributed by atoms with E-state index in [-0.39, 0.29) is 22.5 Å². The maximum atomic E-state index is 12.0. The summed E-state index contributed by atoms with van der Waals surface area (Å²) in [6.07, 6.45) is 1.60. The van der Waals surface area contributed by atoms with Gasteiger partial charge in [-0.3, -0.25) is 4.79 Å². The molecule has 0 aliphatic heterocycles. The zero-order valence-corrected chi connectivity index (χ0v) is 13.6. The molecule has 0 saturated heterocycles. The van der Waals surface area contributed by atoms with E-state index in [1.807, 2.05) is 19.1 Å². The molecule has 0 spiro atoms. The number of nitriles is 2. The zero-order chi connectivity index (χ0) is 18.4. The summed E-state index contributed by atoms with van der Waals surface area (Å²) in [5.74, 6) is 0.820. The third kappa shape index (κ3) is 3.46. The molecule has 7 heteroatoms. The molecule has 0 fully saturated rings. The minimum Gasteiger partial charge on any atom is -0.490 e. The Balaban J connectivity index is 2.73. The molecular formula is C18H16N4O3. The lowest BCUT2D eigenvalue weighted by Crippen LogP contribution is -2.16. The molecule has 0 amide bonds. The maximum absolute atomic E-state index is 12.0. The predicted molar refractivity (Wildman–Crippen MR) is 93.2 cm³/mol. The lowest BCUT2D eigenvalue weighted by atomic mass is 9.96. The van der Waals surface area contributed by atoms with E-state index in [1.54, 1.807) is 24.3 Å². The Kier molecular flexibility index (Phi) is 5.44. The fraction of sp³-hybridized carbons (Fsp3) is 0.167. The number of aromatic amines is 1. The van der Waals surface area contributed by atoms with Gasteiger partial charge in [0.05, 0.1) is 6.61 Å². The average molecular weight is 336 g/mol. The highest BCUT2D eigenvalue weighted by Gasteiger charge is 2.19. The molecule has 1 aromatic heterocycles. The molecule has 0 unspecified atom stereocenters. The fourth-order valence-electron chi connectivity index (χ4n) is 2.33. The van der Waals surface area contributed by atoms with Gasteiger partial charge in [-0.05, 0) is 24.6 Å². The number of benzene rings is 1. The number of hydrogen-bond acceptors (Lipinski definition) is 6. The first-order valence-corrected chi connectivity index (χ1v) is 7.44. The van der Waals surface area contributed by atoms with Crippen LogP contribution in [0.25, 0.3) is 11.1 Å². The van der Waals surface area contributed by atoms with E-state index in [9.17, 15) is 15.3 Å². The van der Waals surface area contributed by atoms with E-state index in [2.05, 4.69) is 11.6 Å². The molecular weight excluding hydrogens is 320 g/mol. The third-order valence-corrected chi connectivity index (χ3v) is 3.36. The van der Waals surface area contributed by atoms with Crippen LogP contribution in [0.1, 0.15) is 18.1 Å². The number of H-pyrrole nitrogens is 1. The van der Waals surface area contributed by atoms with E-state index in [0.29, 0.717) is 30.3 Å². The molecule has 1 heterocycles. The molecule has 126 valence electrons. The van der Waals surface area contributed by atoms with Crippen LogP contribution >= 0.6 is 0 Å². The Morgan fingerprint density at radius 3 is 2.56 bits per heavy atom. The second-order valence-electron chi connectivity index (χ2n) is 4.91. The van der Waals surface area contributed by atoms with Crippen LogP contribution in [0, 0.1) is 22.7 Å². The number of aromatic nitrogens is 1. The lowest BCUT2D eigenvalue weighted by Gasteiger charge is -2.14. The predicted octanol–water partition coefficient (Wildman–Crippen LogP) is 2.33. The number of pyridine rings is 1. The van der Waals surface area contributed by atoms with Gasteiger partial charge >= 0.3 is 0 Å². The van der Waals surface area contributed by atoms with Crippen molar-refractivity contribution in [3.05, 3.63) is 52.3 Å². The number of hydrogen-bond donors (Lipinski definition) is 2. The normalized spacial score (nSPS) is 9.72. The first kappa shape index (κ1) is 17.6. The zero-order valence-electron chi connectivity index (χ0n) is 13.6. The van der Waals surface area contributed by atoms with Crippen molar-refractivity contribution < 1.29 is 9.47 Å². The highest BCUT2D eigenvalue weighted by atomic mass is 16.5. The first-order chi connectivity index (χ1) is 12.1. The Labute approximate surface area is 144 Å². The van der Waals surface area contributed by atoms with Crippen LogP contribution in [0.4, 0.5) is 5.82 Å². The summed E-state index contributed by atoms with van der Waals surface area (Å²) in [5, 5.41) is 18.7. The highest BCUT2D eigenvalue weighted by molar-refractivity contribution is 5.81. The number of nitrogen functional groups attached to an aromatic ring is 1. The number of nitrogens with two attached hydrogens (primary N) is 1. The summed E-state index contributed by atoms with van der Waals surface area (Å²) in [6, 6.07) is 8.65. The van der Waals surface area contributed by atoms with E-state index < -0.39 is 5.56 Å². The Bertz CT molecular complexity index is 949. The van der Waals surface area contributed by atoms with E-state index in [4.69, 9.17) is 15.2 Å². The van der Waals surface area contributed by atoms with Crippen LogP contribution in [-0.4, -0.2) is 18.2 Å². The lowest BCUT2D eigenvalue weighted by molar-refractivity contribution is 0.297. The molecule has 0 atom stereocenters. The summed E-state index contributed by atoms with van der Waals surface area (Å²) in [4.78, 5) is 14.3. The fourth-order valence-corrected chi connectivity index (χ4v) is 2.33. The van der Waals surface area contributed by atoms with Crippen LogP contribution in [0.2, 0.25) is 0 Å². The summed E-state index contributed by atoms with van der Waals surface area (Å²) >= 11 is 0. The van der Waals surface area contributed by atoms with Gasteiger partial charge < -0.3 is 20.2 Å². The van der Waals surface area contributed by atoms with Crippen LogP contribution in [0.3, 0.4) is 0 Å². The topological polar surface area (TPSA) is 125 Å². The molecule has 3 N–H and O–H groups in total. The number of ether oxygens (including phenoxy) is 2. The van der Waals surface area contributed by atoms with Gasteiger partial charge in [0.2, 0.25) is 0 Å². The molecule has 0 saturated carbocycles. The van der Waals surface area contributed by atoms with E-state index in [0.717, 1.165) is 0 Å². The van der Waals surface area contributed by atoms with Crippen molar-refractivity contribution in [1.82, 2.24) is 4.98 Å². The van der Waals surface area contributed by atoms with Gasteiger partial charge in [0.25, 0.3) is 5.56 Å². The van der Waals surface area contributed by atoms with Crippen molar-refractivity contribution in [3.8, 4) is 34.8 Å². The van der Waals surface area contributed by atoms with Gasteiger partial charge in [-0.25, -0.2) is 0 Å². The van der Waals surface area contributed by atoms with Crippen LogP contribution in [-0.2, 0) is 0 Å². The van der Waals surface area contributed by atoms with Crippen molar-refractivity contribution in [2.45, 2.75) is 6.92 Å². The second-order valence-corrected chi connectivity index (χ2v) is 4.91. The van der Waals surface area contributed by atoms with Gasteiger partial charge in [-0.1, -0.05) is 18.7 Å². The second kappa shape index (κ2) is 7.71. The van der Waals surface area contributed by atoms with Crippen molar-refractivity contribution in [2.24, 2.45) is 0 Å². The van der Waals surface area contributed by atoms with Crippen molar-refractivity contribution in [1.29, 1.82) is 10.5 Å². The number of nitrogens with one attached hydrogen (secondary N) is 1. The molecule has 0 aliphatic rings. The van der Waals surface area contributed by atoms with E-state index >= 15 is 0 Å². The third-order valence-electron chi connectivity index (χ3n) is 3.36. The van der Waals surface area contributed by atoms with Gasteiger partial charge in [-0.2, -0.15) is 10.5 Å². The minimum absolute atomic E-state index is 0.0263. The van der Waals surface area contributed by atoms with E-state index in [1.165, 1.54) is 0 Å². The Hall–Kier alpha value is -3.71. The average Bonchev–Trinajstić information content (AvgIpc) is 2.60. The van der Waals surface area contributed by atoms with Gasteiger partial charge in [0.15, 0.2) is 11.5 Å². The number of nitrogens with zero attached hydrogens (tertiary/aromatic N) is 2. The molecule has 7 nitrogen and oxygen atoms in total. The van der Waals surface area contributed by atoms with Crippen molar-refractivity contribution >= 4 is 5.82 Å². The smallest absolute Gasteiger partial charge is 0.268 e. The van der Waals surface area contributed by atoms with Gasteiger partial charge in [0, 0.05) is 5.56 Å². The SMILES string of the molecule is C=CCOc1ccc(-c2c(C#N)c(N)[nH]c(=O)c2C#N)cc1OCC. The summed E-state index contributed by atoms with van der Waals surface area (Å²) < 4.78 is 11.1. The molecule has 0 aliphatic carbocycles. The monoisotopic (exact) mass is 336 g/mol. The quantitative estimate of drug-likeness (QED) is 0.780. The van der Waals surface area contributed by atoms with Gasteiger partial charge in [-0.15, -0.1) is 0 Å². The summed E-state index contributed by atoms with van der Waals surface area (Å²) in [5.41, 5.74) is 5.54. The number of rotatable bonds is 6.